The Morgan fingerprint density at radius 3 is 2.18 bits per heavy atom. The molecule has 0 radical (unpaired) electrons. The highest BCUT2D eigenvalue weighted by molar-refractivity contribution is 5.84. The van der Waals surface area contributed by atoms with E-state index in [4.69, 9.17) is 5.11 Å². The first kappa shape index (κ1) is 8.24. The Morgan fingerprint density at radius 2 is 1.82 bits per heavy atom. The van der Waals surface area contributed by atoms with Crippen LogP contribution in [0.5, 0.6) is 0 Å². The van der Waals surface area contributed by atoms with E-state index in [1.165, 1.54) is 6.92 Å². The molecule has 0 bridgehead atoms. The van der Waals surface area contributed by atoms with Gasteiger partial charge in [0.15, 0.2) is 0 Å². The van der Waals surface area contributed by atoms with Crippen molar-refractivity contribution in [3.63, 3.8) is 0 Å². The summed E-state index contributed by atoms with van der Waals surface area (Å²) in [6.45, 7) is 1.48. The Morgan fingerprint density at radius 1 is 1.27 bits per heavy atom. The van der Waals surface area contributed by atoms with Gasteiger partial charge in [0.1, 0.15) is 5.78 Å². The van der Waals surface area contributed by atoms with Gasteiger partial charge in [0.2, 0.25) is 0 Å². The van der Waals surface area contributed by atoms with Crippen LogP contribution < -0.4 is 0 Å². The van der Waals surface area contributed by atoms with Crippen molar-refractivity contribution in [2.24, 2.45) is 11.8 Å². The number of ketones is 1. The lowest BCUT2D eigenvalue weighted by Gasteiger charge is -2.10. The number of carboxylic acid groups (broad SMARTS) is 1. The number of carbonyl (C=O) groups is 2. The molecule has 11 heavy (non-hydrogen) atoms. The molecular weight excluding hydrogens is 144 g/mol. The maximum absolute atomic E-state index is 10.9. The van der Waals surface area contributed by atoms with Gasteiger partial charge in [0.25, 0.3) is 0 Å². The number of Topliss-reactive ketones (excluding diaryl/α,β-unsaturated/α-hetero) is 1. The number of aliphatic carboxylic acids is 1. The van der Waals surface area contributed by atoms with Crippen molar-refractivity contribution in [3.05, 3.63) is 0 Å². The van der Waals surface area contributed by atoms with E-state index in [2.05, 4.69) is 0 Å². The molecule has 0 heterocycles. The molecule has 0 aromatic carbocycles. The van der Waals surface area contributed by atoms with Gasteiger partial charge in [0, 0.05) is 5.92 Å². The fourth-order valence-electron chi connectivity index (χ4n) is 1.74. The van der Waals surface area contributed by atoms with Crippen LogP contribution in [0.25, 0.3) is 0 Å². The molecular formula is C8H12O3. The van der Waals surface area contributed by atoms with Gasteiger partial charge >= 0.3 is 5.97 Å². The molecule has 1 aliphatic carbocycles. The Bertz CT molecular complexity index is 166. The highest BCUT2D eigenvalue weighted by Gasteiger charge is 2.35. The van der Waals surface area contributed by atoms with Crippen molar-refractivity contribution >= 4 is 11.8 Å². The number of carboxylic acids is 1. The first-order valence-corrected chi connectivity index (χ1v) is 3.86. The topological polar surface area (TPSA) is 54.4 Å². The third-order valence-corrected chi connectivity index (χ3v) is 2.36. The van der Waals surface area contributed by atoms with Gasteiger partial charge < -0.3 is 5.11 Å². The summed E-state index contributed by atoms with van der Waals surface area (Å²) in [5.74, 6) is -1.42. The zero-order chi connectivity index (χ0) is 8.43. The summed E-state index contributed by atoms with van der Waals surface area (Å²) < 4.78 is 0. The summed E-state index contributed by atoms with van der Waals surface area (Å²) in [4.78, 5) is 21.5. The smallest absolute Gasteiger partial charge is 0.307 e. The number of hydrogen-bond acceptors (Lipinski definition) is 2. The van der Waals surface area contributed by atoms with E-state index in [0.29, 0.717) is 6.42 Å². The molecule has 1 unspecified atom stereocenters. The van der Waals surface area contributed by atoms with Crippen LogP contribution in [0.4, 0.5) is 0 Å². The summed E-state index contributed by atoms with van der Waals surface area (Å²) in [5.41, 5.74) is 0. The minimum absolute atomic E-state index is 0.0231. The highest BCUT2D eigenvalue weighted by Crippen LogP contribution is 2.32. The van der Waals surface area contributed by atoms with Gasteiger partial charge in [-0.15, -0.1) is 0 Å². The number of rotatable bonds is 2. The third-order valence-electron chi connectivity index (χ3n) is 2.36. The average molecular weight is 156 g/mol. The molecule has 1 N–H and O–H groups in total. The summed E-state index contributed by atoms with van der Waals surface area (Å²) in [7, 11) is 0. The summed E-state index contributed by atoms with van der Waals surface area (Å²) in [6.07, 6.45) is 2.30. The zero-order valence-electron chi connectivity index (χ0n) is 6.54. The fraction of sp³-hybridized carbons (Fsp3) is 0.750. The van der Waals surface area contributed by atoms with Crippen LogP contribution in [-0.2, 0) is 9.59 Å². The second kappa shape index (κ2) is 3.03. The van der Waals surface area contributed by atoms with Crippen LogP contribution in [0.15, 0.2) is 0 Å². The van der Waals surface area contributed by atoms with Gasteiger partial charge in [-0.3, -0.25) is 9.59 Å². The van der Waals surface area contributed by atoms with E-state index in [0.717, 1.165) is 12.8 Å². The van der Waals surface area contributed by atoms with Crippen LogP contribution in [0.1, 0.15) is 26.2 Å². The molecule has 0 spiro atoms. The quantitative estimate of drug-likeness (QED) is 0.650. The average Bonchev–Trinajstić information content (AvgIpc) is 2.32. The van der Waals surface area contributed by atoms with Gasteiger partial charge in [-0.2, -0.15) is 0 Å². The van der Waals surface area contributed by atoms with Crippen LogP contribution in [0.3, 0.4) is 0 Å². The lowest BCUT2D eigenvalue weighted by atomic mass is 9.93. The van der Waals surface area contributed by atoms with Crippen LogP contribution in [0.2, 0.25) is 0 Å². The highest BCUT2D eigenvalue weighted by atomic mass is 16.4. The second-order valence-electron chi connectivity index (χ2n) is 3.09. The summed E-state index contributed by atoms with van der Waals surface area (Å²) in [6, 6.07) is 0. The Labute approximate surface area is 65.4 Å². The summed E-state index contributed by atoms with van der Waals surface area (Å²) in [5, 5.41) is 8.68. The molecule has 1 rings (SSSR count). The summed E-state index contributed by atoms with van der Waals surface area (Å²) >= 11 is 0. The first-order chi connectivity index (χ1) is 5.13. The Balaban J connectivity index is 2.65. The molecule has 0 aromatic rings. The molecule has 1 saturated carbocycles. The van der Waals surface area contributed by atoms with Gasteiger partial charge in [-0.05, 0) is 19.8 Å². The molecule has 62 valence electrons. The molecule has 0 aromatic heterocycles. The second-order valence-corrected chi connectivity index (χ2v) is 3.09. The normalized spacial score (nSPS) is 30.3. The predicted molar refractivity (Wildman–Crippen MR) is 39.1 cm³/mol. The largest absolute Gasteiger partial charge is 0.481 e. The van der Waals surface area contributed by atoms with Crippen LogP contribution >= 0.6 is 0 Å². The lowest BCUT2D eigenvalue weighted by Crippen LogP contribution is -2.23. The standard InChI is InChI=1S/C8H12O3/c1-5(9)6-3-2-4-7(6)8(10)11/h6-7H,2-4H2,1H3,(H,10,11)/t6-,7?/m1/s1. The minimum atomic E-state index is -0.817. The van der Waals surface area contributed by atoms with E-state index < -0.39 is 11.9 Å². The van der Waals surface area contributed by atoms with Gasteiger partial charge in [-0.25, -0.2) is 0 Å². The molecule has 2 atom stereocenters. The van der Waals surface area contributed by atoms with E-state index in [-0.39, 0.29) is 11.7 Å². The van der Waals surface area contributed by atoms with Crippen molar-refractivity contribution in [1.29, 1.82) is 0 Å². The maximum atomic E-state index is 10.9. The SMILES string of the molecule is CC(=O)[C@H]1CCCC1C(=O)O. The maximum Gasteiger partial charge on any atom is 0.307 e. The molecule has 1 fully saturated rings. The number of hydrogen-bond donors (Lipinski definition) is 1. The van der Waals surface area contributed by atoms with Crippen LogP contribution in [0, 0.1) is 11.8 Å². The minimum Gasteiger partial charge on any atom is -0.481 e. The molecule has 3 nitrogen and oxygen atoms in total. The molecule has 3 heteroatoms. The third kappa shape index (κ3) is 1.59. The predicted octanol–water partition coefficient (Wildman–Crippen LogP) is 1.08. The van der Waals surface area contributed by atoms with E-state index in [1.807, 2.05) is 0 Å². The molecule has 0 amide bonds. The van der Waals surface area contributed by atoms with Crippen molar-refractivity contribution in [2.45, 2.75) is 26.2 Å². The van der Waals surface area contributed by atoms with Crippen LogP contribution in [-0.4, -0.2) is 16.9 Å². The Hall–Kier alpha value is -0.860. The lowest BCUT2D eigenvalue weighted by molar-refractivity contribution is -0.145. The monoisotopic (exact) mass is 156 g/mol. The zero-order valence-corrected chi connectivity index (χ0v) is 6.54. The van der Waals surface area contributed by atoms with Crippen molar-refractivity contribution in [1.82, 2.24) is 0 Å². The van der Waals surface area contributed by atoms with Crippen molar-refractivity contribution in [2.75, 3.05) is 0 Å². The van der Waals surface area contributed by atoms with Gasteiger partial charge in [-0.1, -0.05) is 6.42 Å². The molecule has 0 saturated heterocycles. The first-order valence-electron chi connectivity index (χ1n) is 3.86. The Kier molecular flexibility index (Phi) is 2.27. The number of carbonyl (C=O) groups excluding carboxylic acids is 1. The van der Waals surface area contributed by atoms with Gasteiger partial charge in [0.05, 0.1) is 5.92 Å². The van der Waals surface area contributed by atoms with Crippen molar-refractivity contribution in [3.8, 4) is 0 Å². The molecule has 0 aliphatic heterocycles. The van der Waals surface area contributed by atoms with E-state index in [1.54, 1.807) is 0 Å². The van der Waals surface area contributed by atoms with E-state index >= 15 is 0 Å². The van der Waals surface area contributed by atoms with Crippen molar-refractivity contribution < 1.29 is 14.7 Å². The fourth-order valence-corrected chi connectivity index (χ4v) is 1.74. The van der Waals surface area contributed by atoms with E-state index in [9.17, 15) is 9.59 Å². The molecule has 1 aliphatic rings.